The molecule has 0 radical (unpaired) electrons. The summed E-state index contributed by atoms with van der Waals surface area (Å²) in [5, 5.41) is 3.55. The lowest BCUT2D eigenvalue weighted by molar-refractivity contribution is -0.124. The summed E-state index contributed by atoms with van der Waals surface area (Å²) in [4.78, 5) is 17.6. The van der Waals surface area contributed by atoms with Gasteiger partial charge in [0.15, 0.2) is 5.13 Å². The van der Waals surface area contributed by atoms with Crippen LogP contribution >= 0.6 is 11.3 Å². The Morgan fingerprint density at radius 2 is 2.39 bits per heavy atom. The van der Waals surface area contributed by atoms with Gasteiger partial charge in [0.1, 0.15) is 6.10 Å². The zero-order valence-corrected chi connectivity index (χ0v) is 11.0. The third-order valence-corrected chi connectivity index (χ3v) is 4.47. The summed E-state index contributed by atoms with van der Waals surface area (Å²) >= 11 is 1.55. The van der Waals surface area contributed by atoms with Crippen molar-refractivity contribution in [1.29, 1.82) is 0 Å². The Kier molecular flexibility index (Phi) is 3.32. The molecule has 0 bridgehead atoms. The van der Waals surface area contributed by atoms with E-state index in [1.165, 1.54) is 4.88 Å². The van der Waals surface area contributed by atoms with Gasteiger partial charge in [-0.3, -0.25) is 10.1 Å². The molecule has 0 unspecified atom stereocenters. The summed E-state index contributed by atoms with van der Waals surface area (Å²) < 4.78 is 5.35. The van der Waals surface area contributed by atoms with Gasteiger partial charge in [0.25, 0.3) is 5.91 Å². The zero-order valence-electron chi connectivity index (χ0n) is 10.1. The predicted octanol–water partition coefficient (Wildman–Crippen LogP) is 1.08. The van der Waals surface area contributed by atoms with Crippen LogP contribution in [0.4, 0.5) is 5.13 Å². The Labute approximate surface area is 110 Å². The molecule has 0 saturated carbocycles. The highest BCUT2D eigenvalue weighted by atomic mass is 32.1. The van der Waals surface area contributed by atoms with Gasteiger partial charge in [-0.25, -0.2) is 4.98 Å². The van der Waals surface area contributed by atoms with Gasteiger partial charge < -0.3 is 10.5 Å². The minimum absolute atomic E-state index is 0.0668. The number of fused-ring (bicyclic) bond motifs is 1. The van der Waals surface area contributed by atoms with Crippen molar-refractivity contribution in [3.63, 3.8) is 0 Å². The van der Waals surface area contributed by atoms with Crippen LogP contribution in [0.25, 0.3) is 0 Å². The summed E-state index contributed by atoms with van der Waals surface area (Å²) in [5.74, 6) is -0.0668. The van der Waals surface area contributed by atoms with Crippen LogP contribution in [0.1, 0.15) is 29.8 Å². The van der Waals surface area contributed by atoms with E-state index in [2.05, 4.69) is 10.3 Å². The van der Waals surface area contributed by atoms with E-state index in [9.17, 15) is 4.79 Å². The molecule has 18 heavy (non-hydrogen) atoms. The Morgan fingerprint density at radius 3 is 3.17 bits per heavy atom. The molecular formula is C12H17N3O2S. The molecular weight excluding hydrogens is 250 g/mol. The number of ether oxygens (including phenoxy) is 1. The van der Waals surface area contributed by atoms with Crippen molar-refractivity contribution in [2.75, 3.05) is 11.9 Å². The first-order valence-corrected chi connectivity index (χ1v) is 7.20. The minimum Gasteiger partial charge on any atom is -0.368 e. The van der Waals surface area contributed by atoms with Gasteiger partial charge in [-0.05, 0) is 32.1 Å². The molecule has 5 nitrogen and oxygen atoms in total. The average molecular weight is 267 g/mol. The third kappa shape index (κ3) is 2.41. The topological polar surface area (TPSA) is 77.2 Å². The van der Waals surface area contributed by atoms with Crippen molar-refractivity contribution in [1.82, 2.24) is 4.98 Å². The highest BCUT2D eigenvalue weighted by Crippen LogP contribution is 2.29. The number of nitrogens with one attached hydrogen (secondary N) is 1. The molecule has 2 aliphatic rings. The molecule has 0 aromatic carbocycles. The van der Waals surface area contributed by atoms with Crippen LogP contribution in [-0.4, -0.2) is 29.6 Å². The summed E-state index contributed by atoms with van der Waals surface area (Å²) in [6.07, 6.45) is 4.25. The molecule has 0 spiro atoms. The highest BCUT2D eigenvalue weighted by molar-refractivity contribution is 7.15. The van der Waals surface area contributed by atoms with Crippen LogP contribution in [0.15, 0.2) is 0 Å². The van der Waals surface area contributed by atoms with Gasteiger partial charge in [0, 0.05) is 17.5 Å². The van der Waals surface area contributed by atoms with Crippen molar-refractivity contribution in [3.05, 3.63) is 10.6 Å². The highest BCUT2D eigenvalue weighted by Gasteiger charge is 2.26. The zero-order chi connectivity index (χ0) is 12.5. The van der Waals surface area contributed by atoms with E-state index >= 15 is 0 Å². The molecule has 3 rings (SSSR count). The van der Waals surface area contributed by atoms with E-state index in [-0.39, 0.29) is 18.1 Å². The van der Waals surface area contributed by atoms with Crippen molar-refractivity contribution in [2.45, 2.75) is 44.2 Å². The number of aromatic nitrogens is 1. The second-order valence-corrected chi connectivity index (χ2v) is 5.97. The van der Waals surface area contributed by atoms with Crippen molar-refractivity contribution >= 4 is 22.4 Å². The quantitative estimate of drug-likeness (QED) is 0.840. The predicted molar refractivity (Wildman–Crippen MR) is 69.7 cm³/mol. The lowest BCUT2D eigenvalue weighted by atomic mass is 9.99. The van der Waals surface area contributed by atoms with E-state index in [1.54, 1.807) is 11.3 Å². The molecule has 98 valence electrons. The van der Waals surface area contributed by atoms with E-state index < -0.39 is 0 Å². The largest absolute Gasteiger partial charge is 0.368 e. The fourth-order valence-electron chi connectivity index (χ4n) is 2.42. The third-order valence-electron chi connectivity index (χ3n) is 3.43. The number of aryl methyl sites for hydroxylation is 1. The maximum absolute atomic E-state index is 11.9. The Bertz CT molecular complexity index is 454. The van der Waals surface area contributed by atoms with Crippen LogP contribution in [0.2, 0.25) is 0 Å². The molecule has 2 atom stereocenters. The van der Waals surface area contributed by atoms with Gasteiger partial charge in [0.05, 0.1) is 5.69 Å². The van der Waals surface area contributed by atoms with Crippen molar-refractivity contribution < 1.29 is 9.53 Å². The number of hydrogen-bond acceptors (Lipinski definition) is 5. The Morgan fingerprint density at radius 1 is 1.50 bits per heavy atom. The number of thiazole rings is 1. The minimum atomic E-state index is -0.298. The van der Waals surface area contributed by atoms with Gasteiger partial charge in [-0.2, -0.15) is 0 Å². The molecule has 1 fully saturated rings. The Balaban J connectivity index is 1.68. The first-order valence-electron chi connectivity index (χ1n) is 6.39. The lowest BCUT2D eigenvalue weighted by Gasteiger charge is -2.15. The average Bonchev–Trinajstić information content (AvgIpc) is 2.95. The second-order valence-electron chi connectivity index (χ2n) is 4.88. The van der Waals surface area contributed by atoms with Crippen LogP contribution in [0, 0.1) is 0 Å². The van der Waals surface area contributed by atoms with E-state index in [4.69, 9.17) is 10.5 Å². The fraction of sp³-hybridized carbons (Fsp3) is 0.667. The maximum Gasteiger partial charge on any atom is 0.255 e. The number of nitrogens with two attached hydrogens (primary N) is 1. The number of amides is 1. The van der Waals surface area contributed by atoms with Crippen molar-refractivity contribution in [3.8, 4) is 0 Å². The first kappa shape index (κ1) is 12.1. The van der Waals surface area contributed by atoms with Crippen LogP contribution < -0.4 is 11.1 Å². The number of anilines is 1. The lowest BCUT2D eigenvalue weighted by Crippen LogP contribution is -2.27. The first-order chi connectivity index (χ1) is 8.72. The SMILES string of the molecule is N[C@H]1CCc2nc(NC(=O)[C@@H]3CCCO3)sc2C1. The monoisotopic (exact) mass is 267 g/mol. The number of hydrogen-bond donors (Lipinski definition) is 2. The van der Waals surface area contributed by atoms with Gasteiger partial charge in [0.2, 0.25) is 0 Å². The van der Waals surface area contributed by atoms with E-state index in [0.29, 0.717) is 11.7 Å². The molecule has 1 aliphatic carbocycles. The summed E-state index contributed by atoms with van der Waals surface area (Å²) in [5.41, 5.74) is 7.03. The molecule has 1 amide bonds. The number of carbonyl (C=O) groups excluding carboxylic acids is 1. The summed E-state index contributed by atoms with van der Waals surface area (Å²) in [7, 11) is 0. The molecule has 1 aliphatic heterocycles. The number of nitrogens with zero attached hydrogens (tertiary/aromatic N) is 1. The standard InChI is InChI=1S/C12H17N3O2S/c13-7-3-4-8-10(6-7)18-12(14-8)15-11(16)9-2-1-5-17-9/h7,9H,1-6,13H2,(H,14,15,16)/t7-,9-/m0/s1. The molecule has 1 aromatic heterocycles. The smallest absolute Gasteiger partial charge is 0.255 e. The van der Waals surface area contributed by atoms with E-state index in [0.717, 1.165) is 37.8 Å². The second kappa shape index (κ2) is 4.95. The fourth-order valence-corrected chi connectivity index (χ4v) is 3.53. The van der Waals surface area contributed by atoms with Gasteiger partial charge in [-0.15, -0.1) is 11.3 Å². The maximum atomic E-state index is 11.9. The van der Waals surface area contributed by atoms with Crippen LogP contribution in [0.3, 0.4) is 0 Å². The van der Waals surface area contributed by atoms with Crippen LogP contribution in [-0.2, 0) is 22.4 Å². The molecule has 6 heteroatoms. The van der Waals surface area contributed by atoms with Gasteiger partial charge >= 0.3 is 0 Å². The molecule has 3 N–H and O–H groups in total. The van der Waals surface area contributed by atoms with Crippen LogP contribution in [0.5, 0.6) is 0 Å². The normalized spacial score (nSPS) is 26.9. The number of rotatable bonds is 2. The molecule has 1 aromatic rings. The molecule has 2 heterocycles. The Hall–Kier alpha value is -0.980. The van der Waals surface area contributed by atoms with Gasteiger partial charge in [-0.1, -0.05) is 0 Å². The number of carbonyl (C=O) groups is 1. The molecule has 1 saturated heterocycles. The summed E-state index contributed by atoms with van der Waals surface area (Å²) in [6.45, 7) is 0.682. The van der Waals surface area contributed by atoms with E-state index in [1.807, 2.05) is 0 Å². The summed E-state index contributed by atoms with van der Waals surface area (Å²) in [6, 6.07) is 0.236. The van der Waals surface area contributed by atoms with Crippen molar-refractivity contribution in [2.24, 2.45) is 5.73 Å².